The Bertz CT molecular complexity index is 1360. The van der Waals surface area contributed by atoms with Gasteiger partial charge >= 0.3 is 6.03 Å². The van der Waals surface area contributed by atoms with E-state index in [9.17, 15) is 20.1 Å². The number of aliphatic hydroxyl groups excluding tert-OH is 3. The van der Waals surface area contributed by atoms with Crippen LogP contribution in [0.5, 0.6) is 0 Å². The van der Waals surface area contributed by atoms with E-state index in [2.05, 4.69) is 32.1 Å². The lowest BCUT2D eigenvalue weighted by Gasteiger charge is -2.31. The van der Waals surface area contributed by atoms with Gasteiger partial charge in [0.05, 0.1) is 12.9 Å². The number of aromatic nitrogens is 4. The summed E-state index contributed by atoms with van der Waals surface area (Å²) >= 11 is 5.89. The van der Waals surface area contributed by atoms with Crippen LogP contribution in [0.1, 0.15) is 31.3 Å². The van der Waals surface area contributed by atoms with Crippen molar-refractivity contribution >= 4 is 40.3 Å². The molecule has 0 aliphatic carbocycles. The molecule has 2 unspecified atom stereocenters. The van der Waals surface area contributed by atoms with E-state index in [4.69, 9.17) is 22.1 Å². The molecule has 4 atom stereocenters. The Labute approximate surface area is 223 Å². The maximum Gasteiger partial charge on any atom is 0.321 e. The first-order valence-electron chi connectivity index (χ1n) is 12.3. The average molecular weight is 542 g/mol. The van der Waals surface area contributed by atoms with Gasteiger partial charge in [-0.1, -0.05) is 17.5 Å². The second kappa shape index (κ2) is 11.1. The smallest absolute Gasteiger partial charge is 0.321 e. The normalized spacial score (nSPS) is 23.8. The van der Waals surface area contributed by atoms with Crippen LogP contribution in [0.3, 0.4) is 0 Å². The third-order valence-corrected chi connectivity index (χ3v) is 7.08. The zero-order chi connectivity index (χ0) is 26.8. The molecule has 2 aliphatic rings. The van der Waals surface area contributed by atoms with Crippen LogP contribution in [-0.4, -0.2) is 83.8 Å². The molecule has 6 N–H and O–H groups in total. The summed E-state index contributed by atoms with van der Waals surface area (Å²) in [6, 6.07) is 6.85. The molecule has 38 heavy (non-hydrogen) atoms. The number of urea groups is 1. The van der Waals surface area contributed by atoms with Crippen molar-refractivity contribution in [3.8, 4) is 11.8 Å². The SMILES string of the molecule is Nc1nc(C#CCC2CCN(C(=O)Nc3ccc(Cl)cc3)CC2)nc2c1ncn2[C@@H]1O[C@H](CO)C(O)C1O. The van der Waals surface area contributed by atoms with Crippen LogP contribution >= 0.6 is 11.6 Å². The first kappa shape index (κ1) is 26.1. The monoisotopic (exact) mass is 541 g/mol. The molecule has 4 heterocycles. The van der Waals surface area contributed by atoms with E-state index >= 15 is 0 Å². The van der Waals surface area contributed by atoms with Gasteiger partial charge in [0.25, 0.3) is 0 Å². The number of halogens is 1. The minimum Gasteiger partial charge on any atom is -0.394 e. The number of fused-ring (bicyclic) bond motifs is 1. The van der Waals surface area contributed by atoms with Gasteiger partial charge < -0.3 is 36.0 Å². The number of nitrogens with zero attached hydrogens (tertiary/aromatic N) is 5. The summed E-state index contributed by atoms with van der Waals surface area (Å²) in [4.78, 5) is 27.2. The molecule has 12 nitrogen and oxygen atoms in total. The van der Waals surface area contributed by atoms with E-state index in [1.165, 1.54) is 10.9 Å². The highest BCUT2D eigenvalue weighted by Crippen LogP contribution is 2.32. The molecule has 0 bridgehead atoms. The number of carbonyl (C=O) groups excluding carboxylic acids is 1. The Morgan fingerprint density at radius 3 is 2.61 bits per heavy atom. The van der Waals surface area contributed by atoms with Crippen molar-refractivity contribution in [3.63, 3.8) is 0 Å². The summed E-state index contributed by atoms with van der Waals surface area (Å²) in [6.07, 6.45) is -0.812. The molecule has 0 radical (unpaired) electrons. The predicted octanol–water partition coefficient (Wildman–Crippen LogP) is 1.36. The lowest BCUT2D eigenvalue weighted by atomic mass is 9.94. The van der Waals surface area contributed by atoms with Crippen LogP contribution < -0.4 is 11.1 Å². The van der Waals surface area contributed by atoms with Crippen molar-refractivity contribution in [2.45, 2.75) is 43.8 Å². The van der Waals surface area contributed by atoms with Gasteiger partial charge in [-0.2, -0.15) is 0 Å². The fourth-order valence-corrected chi connectivity index (χ4v) is 4.77. The number of carbonyl (C=O) groups is 1. The topological polar surface area (TPSA) is 172 Å². The number of nitrogens with one attached hydrogen (secondary N) is 1. The predicted molar refractivity (Wildman–Crippen MR) is 139 cm³/mol. The molecule has 2 fully saturated rings. The summed E-state index contributed by atoms with van der Waals surface area (Å²) in [6.45, 7) is 0.816. The maximum absolute atomic E-state index is 12.5. The minimum atomic E-state index is -1.28. The van der Waals surface area contributed by atoms with Crippen LogP contribution in [0.15, 0.2) is 30.6 Å². The highest BCUT2D eigenvalue weighted by atomic mass is 35.5. The van der Waals surface area contributed by atoms with Crippen LogP contribution in [0.4, 0.5) is 16.3 Å². The summed E-state index contributed by atoms with van der Waals surface area (Å²) < 4.78 is 7.04. The van der Waals surface area contributed by atoms with Crippen LogP contribution in [0, 0.1) is 17.8 Å². The second-order valence-electron chi connectivity index (χ2n) is 9.36. The van der Waals surface area contributed by atoms with Crippen molar-refractivity contribution in [3.05, 3.63) is 41.4 Å². The highest BCUT2D eigenvalue weighted by molar-refractivity contribution is 6.30. The summed E-state index contributed by atoms with van der Waals surface area (Å²) in [5, 5.41) is 33.3. The lowest BCUT2D eigenvalue weighted by molar-refractivity contribution is -0.0511. The number of piperidine rings is 1. The minimum absolute atomic E-state index is 0.129. The van der Waals surface area contributed by atoms with Gasteiger partial charge in [-0.15, -0.1) is 0 Å². The van der Waals surface area contributed by atoms with E-state index in [0.717, 1.165) is 12.8 Å². The Morgan fingerprint density at radius 1 is 1.18 bits per heavy atom. The number of nitrogen functional groups attached to an aromatic ring is 1. The Morgan fingerprint density at radius 2 is 1.92 bits per heavy atom. The maximum atomic E-state index is 12.5. The Balaban J connectivity index is 1.20. The third-order valence-electron chi connectivity index (χ3n) is 6.83. The molecular formula is C25H28ClN7O5. The molecular weight excluding hydrogens is 514 g/mol. The van der Waals surface area contributed by atoms with Crippen molar-refractivity contribution in [1.29, 1.82) is 0 Å². The van der Waals surface area contributed by atoms with Gasteiger partial charge in [-0.3, -0.25) is 4.57 Å². The molecule has 5 rings (SSSR count). The number of likely N-dealkylation sites (tertiary alicyclic amines) is 1. The van der Waals surface area contributed by atoms with Crippen molar-refractivity contribution in [2.24, 2.45) is 5.92 Å². The number of hydrogen-bond acceptors (Lipinski definition) is 9. The zero-order valence-corrected chi connectivity index (χ0v) is 21.1. The number of anilines is 2. The van der Waals surface area contributed by atoms with E-state index in [0.29, 0.717) is 47.3 Å². The molecule has 3 aromatic rings. The Hall–Kier alpha value is -3.47. The van der Waals surface area contributed by atoms with Crippen molar-refractivity contribution in [1.82, 2.24) is 24.4 Å². The molecule has 200 valence electrons. The van der Waals surface area contributed by atoms with Crippen LogP contribution in [0.25, 0.3) is 11.2 Å². The quantitative estimate of drug-likeness (QED) is 0.306. The van der Waals surface area contributed by atoms with Crippen LogP contribution in [0.2, 0.25) is 5.02 Å². The number of ether oxygens (including phenoxy) is 1. The molecule has 13 heteroatoms. The van der Waals surface area contributed by atoms with E-state index < -0.39 is 31.1 Å². The zero-order valence-electron chi connectivity index (χ0n) is 20.4. The number of rotatable bonds is 4. The second-order valence-corrected chi connectivity index (χ2v) is 9.80. The Kier molecular flexibility index (Phi) is 7.64. The number of benzene rings is 1. The molecule has 2 saturated heterocycles. The number of nitrogens with two attached hydrogens (primary N) is 1. The number of aliphatic hydroxyl groups is 3. The van der Waals surface area contributed by atoms with Gasteiger partial charge in [-0.25, -0.2) is 19.7 Å². The average Bonchev–Trinajstić information content (AvgIpc) is 3.46. The molecule has 0 spiro atoms. The van der Waals surface area contributed by atoms with Gasteiger partial charge in [-0.05, 0) is 48.9 Å². The van der Waals surface area contributed by atoms with Gasteiger partial charge in [0.1, 0.15) is 23.8 Å². The number of amides is 2. The molecule has 1 aromatic carbocycles. The summed E-state index contributed by atoms with van der Waals surface area (Å²) in [5.74, 6) is 6.73. The fourth-order valence-electron chi connectivity index (χ4n) is 4.64. The number of hydrogen-bond donors (Lipinski definition) is 5. The van der Waals surface area contributed by atoms with Gasteiger partial charge in [0.2, 0.25) is 5.82 Å². The molecule has 2 aromatic heterocycles. The first-order chi connectivity index (χ1) is 18.3. The van der Waals surface area contributed by atoms with Crippen molar-refractivity contribution < 1.29 is 24.9 Å². The van der Waals surface area contributed by atoms with E-state index in [1.54, 1.807) is 29.2 Å². The van der Waals surface area contributed by atoms with E-state index in [1.807, 2.05) is 0 Å². The summed E-state index contributed by atoms with van der Waals surface area (Å²) in [5.41, 5.74) is 7.38. The summed E-state index contributed by atoms with van der Waals surface area (Å²) in [7, 11) is 0. The lowest BCUT2D eigenvalue weighted by Crippen LogP contribution is -2.41. The molecule has 2 amide bonds. The molecule has 2 aliphatic heterocycles. The van der Waals surface area contributed by atoms with Crippen LogP contribution in [-0.2, 0) is 4.74 Å². The fraction of sp³-hybridized carbons (Fsp3) is 0.440. The largest absolute Gasteiger partial charge is 0.394 e. The highest BCUT2D eigenvalue weighted by Gasteiger charge is 2.44. The van der Waals surface area contributed by atoms with E-state index in [-0.39, 0.29) is 17.7 Å². The van der Waals surface area contributed by atoms with Gasteiger partial charge in [0.15, 0.2) is 17.7 Å². The third kappa shape index (κ3) is 5.38. The number of imidazole rings is 1. The van der Waals surface area contributed by atoms with Crippen molar-refractivity contribution in [2.75, 3.05) is 30.7 Å². The molecule has 0 saturated carbocycles. The standard InChI is InChI=1S/C25H28ClN7O5/c26-15-4-6-16(7-5-15)29-25(37)32-10-8-14(9-11-32)2-1-3-18-30-22(27)19-23(31-18)33(13-28-19)24-21(36)20(35)17(12-34)38-24/h4-7,13-14,17,20-21,24,34-36H,2,8-12H2,(H,29,37)(H2,27,30,31)/t17-,20?,21?,24-/m1/s1. The van der Waals surface area contributed by atoms with Gasteiger partial charge in [0, 0.05) is 30.2 Å². The first-order valence-corrected chi connectivity index (χ1v) is 12.6.